The van der Waals surface area contributed by atoms with E-state index in [-0.39, 0.29) is 23.6 Å². The van der Waals surface area contributed by atoms with Gasteiger partial charge >= 0.3 is 0 Å². The van der Waals surface area contributed by atoms with Gasteiger partial charge in [0.1, 0.15) is 0 Å². The van der Waals surface area contributed by atoms with Crippen molar-refractivity contribution in [3.05, 3.63) is 29.3 Å². The summed E-state index contributed by atoms with van der Waals surface area (Å²) in [5, 5.41) is 0. The van der Waals surface area contributed by atoms with Gasteiger partial charge in [-0.1, -0.05) is 18.6 Å². The second-order valence-electron chi connectivity index (χ2n) is 7.96. The van der Waals surface area contributed by atoms with Gasteiger partial charge < -0.3 is 14.7 Å². The predicted molar refractivity (Wildman–Crippen MR) is 102 cm³/mol. The predicted octanol–water partition coefficient (Wildman–Crippen LogP) is 1.61. The number of carbonyl (C=O) groups is 3. The van der Waals surface area contributed by atoms with Crippen molar-refractivity contribution in [3.63, 3.8) is 0 Å². The second-order valence-corrected chi connectivity index (χ2v) is 7.96. The molecule has 0 radical (unpaired) electrons. The third-order valence-electron chi connectivity index (χ3n) is 6.19. The van der Waals surface area contributed by atoms with Crippen molar-refractivity contribution in [2.24, 2.45) is 5.92 Å². The first-order valence-electron chi connectivity index (χ1n) is 9.98. The summed E-state index contributed by atoms with van der Waals surface area (Å²) in [5.74, 6) is 0.699. The highest BCUT2D eigenvalue weighted by Crippen LogP contribution is 2.29. The summed E-state index contributed by atoms with van der Waals surface area (Å²) in [4.78, 5) is 42.6. The van der Waals surface area contributed by atoms with Crippen LogP contribution in [0.15, 0.2) is 18.2 Å². The number of hydrogen-bond donors (Lipinski definition) is 0. The molecule has 1 aliphatic carbocycles. The van der Waals surface area contributed by atoms with Gasteiger partial charge in [0.2, 0.25) is 17.7 Å². The van der Waals surface area contributed by atoms with Crippen molar-refractivity contribution in [2.45, 2.75) is 38.5 Å². The van der Waals surface area contributed by atoms with Crippen LogP contribution in [-0.4, -0.2) is 60.7 Å². The van der Waals surface area contributed by atoms with Gasteiger partial charge in [-0.25, -0.2) is 0 Å². The van der Waals surface area contributed by atoms with Crippen LogP contribution in [0.5, 0.6) is 0 Å². The summed E-state index contributed by atoms with van der Waals surface area (Å²) in [5.41, 5.74) is 2.89. The normalized spacial score (nSPS) is 20.3. The summed E-state index contributed by atoms with van der Waals surface area (Å²) in [6, 6.07) is 5.86. The van der Waals surface area contributed by atoms with E-state index in [1.54, 1.807) is 11.9 Å². The monoisotopic (exact) mass is 369 g/mol. The Hall–Kier alpha value is -2.37. The molecule has 2 heterocycles. The van der Waals surface area contributed by atoms with Gasteiger partial charge in [0.15, 0.2) is 0 Å². The molecule has 2 aliphatic heterocycles. The minimum Gasteiger partial charge on any atom is -0.341 e. The molecule has 0 atom stereocenters. The van der Waals surface area contributed by atoms with E-state index in [2.05, 4.69) is 0 Å². The van der Waals surface area contributed by atoms with E-state index in [1.165, 1.54) is 0 Å². The zero-order chi connectivity index (χ0) is 19.0. The van der Waals surface area contributed by atoms with E-state index >= 15 is 0 Å². The number of nitrogens with zero attached hydrogens (tertiary/aromatic N) is 3. The molecule has 0 N–H and O–H groups in total. The van der Waals surface area contributed by atoms with E-state index in [0.717, 1.165) is 49.0 Å². The molecule has 2 fully saturated rings. The molecular weight excluding hydrogens is 342 g/mol. The molecule has 0 spiro atoms. The molecule has 1 saturated carbocycles. The standard InChI is InChI=1S/C21H27N3O3/c1-22-18-7-6-15(12-17(18)14-19(22)25)13-20(26)23-8-3-9-24(11-10-23)21(27)16-4-2-5-16/h6-7,12,16H,2-5,8-11,13-14H2,1H3. The third kappa shape index (κ3) is 3.57. The van der Waals surface area contributed by atoms with E-state index in [0.29, 0.717) is 32.5 Å². The highest BCUT2D eigenvalue weighted by atomic mass is 16.2. The number of anilines is 1. The first kappa shape index (κ1) is 18.0. The maximum Gasteiger partial charge on any atom is 0.231 e. The first-order chi connectivity index (χ1) is 13.0. The van der Waals surface area contributed by atoms with Gasteiger partial charge in [-0.3, -0.25) is 14.4 Å². The number of benzene rings is 1. The molecule has 4 rings (SSSR count). The minimum absolute atomic E-state index is 0.0946. The summed E-state index contributed by atoms with van der Waals surface area (Å²) < 4.78 is 0. The fourth-order valence-corrected chi connectivity index (χ4v) is 4.22. The Bertz CT molecular complexity index is 772. The quantitative estimate of drug-likeness (QED) is 0.813. The van der Waals surface area contributed by atoms with E-state index in [4.69, 9.17) is 0 Å². The van der Waals surface area contributed by atoms with Crippen molar-refractivity contribution >= 4 is 23.4 Å². The number of hydrogen-bond acceptors (Lipinski definition) is 3. The van der Waals surface area contributed by atoms with Crippen LogP contribution in [0.2, 0.25) is 0 Å². The SMILES string of the molecule is CN1C(=O)Cc2cc(CC(=O)N3CCCN(C(=O)C4CCC4)CC3)ccc21. The molecule has 3 aliphatic rings. The summed E-state index contributed by atoms with van der Waals surface area (Å²) in [6.07, 6.45) is 4.81. The average molecular weight is 369 g/mol. The Labute approximate surface area is 160 Å². The smallest absolute Gasteiger partial charge is 0.231 e. The number of carbonyl (C=O) groups excluding carboxylic acids is 3. The van der Waals surface area contributed by atoms with Crippen molar-refractivity contribution in [1.29, 1.82) is 0 Å². The molecule has 0 unspecified atom stereocenters. The van der Waals surface area contributed by atoms with Gasteiger partial charge in [-0.2, -0.15) is 0 Å². The van der Waals surface area contributed by atoms with Gasteiger partial charge in [0.25, 0.3) is 0 Å². The van der Waals surface area contributed by atoms with Crippen LogP contribution < -0.4 is 4.90 Å². The Balaban J connectivity index is 1.35. The lowest BCUT2D eigenvalue weighted by Crippen LogP contribution is -2.41. The van der Waals surface area contributed by atoms with Gasteiger partial charge in [-0.05, 0) is 36.5 Å². The van der Waals surface area contributed by atoms with Crippen molar-refractivity contribution in [3.8, 4) is 0 Å². The molecule has 1 aromatic rings. The summed E-state index contributed by atoms with van der Waals surface area (Å²) >= 11 is 0. The number of fused-ring (bicyclic) bond motifs is 1. The molecule has 3 amide bonds. The highest BCUT2D eigenvalue weighted by Gasteiger charge is 2.31. The third-order valence-corrected chi connectivity index (χ3v) is 6.19. The van der Waals surface area contributed by atoms with Gasteiger partial charge in [-0.15, -0.1) is 0 Å². The van der Waals surface area contributed by atoms with Gasteiger partial charge in [0.05, 0.1) is 12.8 Å². The van der Waals surface area contributed by atoms with Crippen LogP contribution in [0, 0.1) is 5.92 Å². The van der Waals surface area contributed by atoms with Crippen LogP contribution in [-0.2, 0) is 27.2 Å². The van der Waals surface area contributed by atoms with Gasteiger partial charge in [0, 0.05) is 44.8 Å². The summed E-state index contributed by atoms with van der Waals surface area (Å²) in [6.45, 7) is 2.72. The topological polar surface area (TPSA) is 60.9 Å². The number of rotatable bonds is 3. The number of likely N-dealkylation sites (N-methyl/N-ethyl adjacent to an activating group) is 1. The van der Waals surface area contributed by atoms with Crippen LogP contribution in [0.3, 0.4) is 0 Å². The molecule has 144 valence electrons. The lowest BCUT2D eigenvalue weighted by Gasteiger charge is -2.31. The lowest BCUT2D eigenvalue weighted by atomic mass is 9.84. The molecule has 6 heteroatoms. The maximum atomic E-state index is 12.8. The summed E-state index contributed by atoms with van der Waals surface area (Å²) in [7, 11) is 1.78. The second kappa shape index (κ2) is 7.33. The van der Waals surface area contributed by atoms with E-state index < -0.39 is 0 Å². The van der Waals surface area contributed by atoms with Crippen molar-refractivity contribution < 1.29 is 14.4 Å². The highest BCUT2D eigenvalue weighted by molar-refractivity contribution is 6.01. The molecule has 0 bridgehead atoms. The fourth-order valence-electron chi connectivity index (χ4n) is 4.22. The Kier molecular flexibility index (Phi) is 4.89. The first-order valence-corrected chi connectivity index (χ1v) is 9.98. The van der Waals surface area contributed by atoms with E-state index in [9.17, 15) is 14.4 Å². The molecule has 0 aromatic heterocycles. The fraction of sp³-hybridized carbons (Fsp3) is 0.571. The maximum absolute atomic E-state index is 12.8. The van der Waals surface area contributed by atoms with Crippen LogP contribution >= 0.6 is 0 Å². The zero-order valence-electron chi connectivity index (χ0n) is 15.9. The lowest BCUT2D eigenvalue weighted by molar-refractivity contribution is -0.138. The van der Waals surface area contributed by atoms with Crippen LogP contribution in [0.1, 0.15) is 36.8 Å². The Morgan fingerprint density at radius 2 is 1.78 bits per heavy atom. The van der Waals surface area contributed by atoms with Crippen molar-refractivity contribution in [2.75, 3.05) is 38.1 Å². The molecule has 1 saturated heterocycles. The van der Waals surface area contributed by atoms with Crippen LogP contribution in [0.25, 0.3) is 0 Å². The Morgan fingerprint density at radius 1 is 1.04 bits per heavy atom. The zero-order valence-corrected chi connectivity index (χ0v) is 15.9. The number of amides is 3. The molecule has 6 nitrogen and oxygen atoms in total. The minimum atomic E-state index is 0.0946. The Morgan fingerprint density at radius 3 is 2.52 bits per heavy atom. The molecular formula is C21H27N3O3. The molecule has 27 heavy (non-hydrogen) atoms. The van der Waals surface area contributed by atoms with E-state index in [1.807, 2.05) is 28.0 Å². The largest absolute Gasteiger partial charge is 0.341 e. The molecule has 1 aromatic carbocycles. The van der Waals surface area contributed by atoms with Crippen LogP contribution in [0.4, 0.5) is 5.69 Å². The van der Waals surface area contributed by atoms with Crippen molar-refractivity contribution in [1.82, 2.24) is 9.80 Å². The average Bonchev–Trinajstić information content (AvgIpc) is 2.78.